The van der Waals surface area contributed by atoms with Gasteiger partial charge < -0.3 is 5.32 Å². The molecular weight excluding hydrogens is 118 g/mol. The molecule has 0 amide bonds. The lowest BCUT2D eigenvalue weighted by atomic mass is 10.3. The maximum absolute atomic E-state index is 3.30. The fourth-order valence-corrected chi connectivity index (χ4v) is 0.824. The molecule has 0 radical (unpaired) electrons. The predicted molar refractivity (Wildman–Crippen MR) is 41.3 cm³/mol. The average molecular weight is 133 g/mol. The highest BCUT2D eigenvalue weighted by Gasteiger charge is 1.80. The van der Waals surface area contributed by atoms with E-state index >= 15 is 0 Å². The van der Waals surface area contributed by atoms with Gasteiger partial charge in [0.1, 0.15) is 0 Å². The van der Waals surface area contributed by atoms with Crippen LogP contribution in [0.2, 0.25) is 0 Å². The van der Waals surface area contributed by atoms with E-state index in [1.54, 1.807) is 0 Å². The first kappa shape index (κ1) is 8.31. The molecule has 1 nitrogen and oxygen atoms in total. The molecule has 0 bridgehead atoms. The van der Waals surface area contributed by atoms with E-state index in [4.69, 9.17) is 0 Å². The number of hydrogen-bond acceptors (Lipinski definition) is 2. The minimum absolute atomic E-state index is 1.10. The monoisotopic (exact) mass is 133 g/mol. The molecule has 0 saturated heterocycles. The fourth-order valence-electron chi connectivity index (χ4n) is 0.476. The molecule has 0 aromatic carbocycles. The molecule has 0 aromatic heterocycles. The van der Waals surface area contributed by atoms with Gasteiger partial charge in [0.25, 0.3) is 0 Å². The van der Waals surface area contributed by atoms with E-state index in [1.807, 2.05) is 11.8 Å². The van der Waals surface area contributed by atoms with Gasteiger partial charge in [0, 0.05) is 5.88 Å². The van der Waals surface area contributed by atoms with Crippen molar-refractivity contribution < 1.29 is 0 Å². The van der Waals surface area contributed by atoms with E-state index in [0.29, 0.717) is 0 Å². The zero-order chi connectivity index (χ0) is 6.24. The Kier molecular flexibility index (Phi) is 7.59. The van der Waals surface area contributed by atoms with Gasteiger partial charge in [-0.1, -0.05) is 13.3 Å². The first-order valence-corrected chi connectivity index (χ1v) is 4.50. The van der Waals surface area contributed by atoms with Crippen molar-refractivity contribution in [1.82, 2.24) is 5.32 Å². The Morgan fingerprint density at radius 1 is 1.50 bits per heavy atom. The van der Waals surface area contributed by atoms with E-state index in [-0.39, 0.29) is 0 Å². The van der Waals surface area contributed by atoms with E-state index in [2.05, 4.69) is 18.5 Å². The van der Waals surface area contributed by atoms with Crippen molar-refractivity contribution >= 4 is 11.8 Å². The van der Waals surface area contributed by atoms with Crippen molar-refractivity contribution in [3.8, 4) is 0 Å². The van der Waals surface area contributed by atoms with E-state index in [9.17, 15) is 0 Å². The van der Waals surface area contributed by atoms with Crippen LogP contribution in [0.5, 0.6) is 0 Å². The van der Waals surface area contributed by atoms with Gasteiger partial charge >= 0.3 is 0 Å². The van der Waals surface area contributed by atoms with Crippen molar-refractivity contribution in [3.63, 3.8) is 0 Å². The molecular formula is C6H15NS. The Morgan fingerprint density at radius 2 is 2.25 bits per heavy atom. The van der Waals surface area contributed by atoms with Gasteiger partial charge in [-0.2, -0.15) is 0 Å². The lowest BCUT2D eigenvalue weighted by molar-refractivity contribution is 0.700. The number of unbranched alkanes of at least 4 members (excludes halogenated alkanes) is 1. The minimum atomic E-state index is 1.10. The van der Waals surface area contributed by atoms with Crippen LogP contribution in [0.4, 0.5) is 0 Å². The zero-order valence-corrected chi connectivity index (χ0v) is 6.55. The summed E-state index contributed by atoms with van der Waals surface area (Å²) in [6.45, 7) is 3.39. The van der Waals surface area contributed by atoms with Gasteiger partial charge in [-0.05, 0) is 19.2 Å². The highest BCUT2D eigenvalue weighted by Crippen LogP contribution is 1.87. The Balaban J connectivity index is 2.53. The molecule has 0 aliphatic carbocycles. The van der Waals surface area contributed by atoms with Crippen LogP contribution in [0.25, 0.3) is 0 Å². The second-order valence-corrected chi connectivity index (χ2v) is 2.65. The lowest BCUT2D eigenvalue weighted by Gasteiger charge is -1.97. The largest absolute Gasteiger partial charge is 0.308 e. The fraction of sp³-hybridized carbons (Fsp3) is 1.00. The van der Waals surface area contributed by atoms with Gasteiger partial charge in [-0.25, -0.2) is 0 Å². The first-order valence-electron chi connectivity index (χ1n) is 3.11. The molecule has 0 heterocycles. The lowest BCUT2D eigenvalue weighted by Crippen LogP contribution is -2.13. The van der Waals surface area contributed by atoms with Crippen LogP contribution < -0.4 is 5.32 Å². The Hall–Kier alpha value is 0.310. The SMILES string of the molecule is CCCCNCSC. The van der Waals surface area contributed by atoms with Crippen molar-refractivity contribution in [2.75, 3.05) is 18.7 Å². The third-order valence-electron chi connectivity index (χ3n) is 0.954. The van der Waals surface area contributed by atoms with Crippen LogP contribution in [0.3, 0.4) is 0 Å². The summed E-state index contributed by atoms with van der Waals surface area (Å²) in [4.78, 5) is 0. The highest BCUT2D eigenvalue weighted by atomic mass is 32.2. The van der Waals surface area contributed by atoms with Crippen molar-refractivity contribution in [2.45, 2.75) is 19.8 Å². The summed E-state index contributed by atoms with van der Waals surface area (Å²) < 4.78 is 0. The molecule has 0 fully saturated rings. The quantitative estimate of drug-likeness (QED) is 0.452. The molecule has 0 aliphatic rings. The third kappa shape index (κ3) is 6.31. The van der Waals surface area contributed by atoms with Crippen LogP contribution in [0.1, 0.15) is 19.8 Å². The summed E-state index contributed by atoms with van der Waals surface area (Å²) in [7, 11) is 0. The van der Waals surface area contributed by atoms with Crippen molar-refractivity contribution in [2.24, 2.45) is 0 Å². The van der Waals surface area contributed by atoms with Crippen LogP contribution in [0.15, 0.2) is 0 Å². The molecule has 0 aromatic rings. The predicted octanol–water partition coefficient (Wildman–Crippen LogP) is 1.70. The number of rotatable bonds is 5. The van der Waals surface area contributed by atoms with Gasteiger partial charge in [0.2, 0.25) is 0 Å². The van der Waals surface area contributed by atoms with Crippen LogP contribution in [-0.4, -0.2) is 18.7 Å². The number of thioether (sulfide) groups is 1. The van der Waals surface area contributed by atoms with E-state index < -0.39 is 0 Å². The Labute approximate surface area is 56.2 Å². The second-order valence-electron chi connectivity index (χ2n) is 1.79. The van der Waals surface area contributed by atoms with Gasteiger partial charge in [-0.15, -0.1) is 11.8 Å². The zero-order valence-electron chi connectivity index (χ0n) is 5.74. The second kappa shape index (κ2) is 7.31. The minimum Gasteiger partial charge on any atom is -0.308 e. The number of hydrogen-bond donors (Lipinski definition) is 1. The molecule has 0 spiro atoms. The molecule has 0 rings (SSSR count). The topological polar surface area (TPSA) is 12.0 Å². The molecule has 8 heavy (non-hydrogen) atoms. The smallest absolute Gasteiger partial charge is 0.0415 e. The van der Waals surface area contributed by atoms with Gasteiger partial charge in [0.05, 0.1) is 0 Å². The maximum atomic E-state index is 3.30. The van der Waals surface area contributed by atoms with Crippen molar-refractivity contribution in [3.05, 3.63) is 0 Å². The first-order chi connectivity index (χ1) is 3.91. The van der Waals surface area contributed by atoms with Crippen LogP contribution in [0, 0.1) is 0 Å². The third-order valence-corrected chi connectivity index (χ3v) is 1.45. The summed E-state index contributed by atoms with van der Waals surface area (Å²) in [6.07, 6.45) is 4.71. The average Bonchev–Trinajstić information content (AvgIpc) is 1.81. The Bertz CT molecular complexity index is 33.5. The summed E-state index contributed by atoms with van der Waals surface area (Å²) in [5.74, 6) is 1.10. The molecule has 2 heteroatoms. The summed E-state index contributed by atoms with van der Waals surface area (Å²) in [5.41, 5.74) is 0. The molecule has 0 unspecified atom stereocenters. The molecule has 0 atom stereocenters. The normalized spacial score (nSPS) is 9.75. The van der Waals surface area contributed by atoms with Gasteiger partial charge in [0.15, 0.2) is 0 Å². The molecule has 50 valence electrons. The summed E-state index contributed by atoms with van der Waals surface area (Å²) in [5, 5.41) is 3.30. The van der Waals surface area contributed by atoms with Crippen molar-refractivity contribution in [1.29, 1.82) is 0 Å². The van der Waals surface area contributed by atoms with Crippen LogP contribution >= 0.6 is 11.8 Å². The van der Waals surface area contributed by atoms with Gasteiger partial charge in [-0.3, -0.25) is 0 Å². The summed E-state index contributed by atoms with van der Waals surface area (Å²) in [6, 6.07) is 0. The molecule has 0 aliphatic heterocycles. The number of nitrogens with one attached hydrogen (secondary N) is 1. The van der Waals surface area contributed by atoms with E-state index in [1.165, 1.54) is 19.4 Å². The summed E-state index contributed by atoms with van der Waals surface area (Å²) >= 11 is 1.84. The standard InChI is InChI=1S/C6H15NS/c1-3-4-5-7-6-8-2/h7H,3-6H2,1-2H3. The maximum Gasteiger partial charge on any atom is 0.0415 e. The highest BCUT2D eigenvalue weighted by molar-refractivity contribution is 7.98. The molecule has 0 saturated carbocycles. The van der Waals surface area contributed by atoms with Crippen LogP contribution in [-0.2, 0) is 0 Å². The Morgan fingerprint density at radius 3 is 2.75 bits per heavy atom. The molecule has 1 N–H and O–H groups in total. The van der Waals surface area contributed by atoms with E-state index in [0.717, 1.165) is 5.88 Å².